The SMILES string of the molecule is OC1CCC(Nc2ccc3nccn3n2)CC1. The van der Waals surface area contributed by atoms with E-state index in [1.165, 1.54) is 0 Å². The van der Waals surface area contributed by atoms with Gasteiger partial charge in [-0.15, -0.1) is 5.10 Å². The van der Waals surface area contributed by atoms with Crippen LogP contribution in [0.4, 0.5) is 5.82 Å². The summed E-state index contributed by atoms with van der Waals surface area (Å²) in [7, 11) is 0. The Kier molecular flexibility index (Phi) is 2.68. The summed E-state index contributed by atoms with van der Waals surface area (Å²) in [6.45, 7) is 0. The number of aromatic nitrogens is 3. The molecule has 0 aromatic carbocycles. The highest BCUT2D eigenvalue weighted by Crippen LogP contribution is 2.21. The lowest BCUT2D eigenvalue weighted by atomic mass is 9.93. The third-order valence-corrected chi connectivity index (χ3v) is 3.30. The number of imidazole rings is 1. The average molecular weight is 232 g/mol. The first-order chi connectivity index (χ1) is 8.31. The van der Waals surface area contributed by atoms with Gasteiger partial charge in [0.2, 0.25) is 0 Å². The summed E-state index contributed by atoms with van der Waals surface area (Å²) < 4.78 is 1.76. The Morgan fingerprint density at radius 3 is 2.88 bits per heavy atom. The molecule has 0 amide bonds. The number of anilines is 1. The Morgan fingerprint density at radius 1 is 1.24 bits per heavy atom. The van der Waals surface area contributed by atoms with Crippen LogP contribution in [0.5, 0.6) is 0 Å². The van der Waals surface area contributed by atoms with Crippen LogP contribution in [0, 0.1) is 0 Å². The van der Waals surface area contributed by atoms with E-state index in [4.69, 9.17) is 0 Å². The molecular formula is C12H16N4O. The number of nitrogens with zero attached hydrogens (tertiary/aromatic N) is 3. The molecule has 2 aromatic rings. The van der Waals surface area contributed by atoms with Gasteiger partial charge in [-0.05, 0) is 37.8 Å². The Labute approximate surface area is 99.5 Å². The molecule has 2 heterocycles. The molecule has 1 aliphatic rings. The van der Waals surface area contributed by atoms with Gasteiger partial charge in [-0.3, -0.25) is 0 Å². The van der Waals surface area contributed by atoms with Gasteiger partial charge < -0.3 is 10.4 Å². The predicted molar refractivity (Wildman–Crippen MR) is 64.9 cm³/mol. The molecule has 0 atom stereocenters. The van der Waals surface area contributed by atoms with Crippen LogP contribution in [0.2, 0.25) is 0 Å². The van der Waals surface area contributed by atoms with Crippen molar-refractivity contribution in [1.29, 1.82) is 0 Å². The molecule has 0 bridgehead atoms. The number of aliphatic hydroxyl groups excluding tert-OH is 1. The van der Waals surface area contributed by atoms with Gasteiger partial charge in [0.05, 0.1) is 6.10 Å². The van der Waals surface area contributed by atoms with E-state index in [-0.39, 0.29) is 6.10 Å². The lowest BCUT2D eigenvalue weighted by molar-refractivity contribution is 0.126. The summed E-state index contributed by atoms with van der Waals surface area (Å²) >= 11 is 0. The number of hydrogen-bond donors (Lipinski definition) is 2. The highest BCUT2D eigenvalue weighted by molar-refractivity contribution is 5.44. The normalized spacial score (nSPS) is 25.0. The van der Waals surface area contributed by atoms with E-state index < -0.39 is 0 Å². The van der Waals surface area contributed by atoms with Crippen molar-refractivity contribution in [3.63, 3.8) is 0 Å². The van der Waals surface area contributed by atoms with Crippen molar-refractivity contribution in [2.24, 2.45) is 0 Å². The molecule has 5 nitrogen and oxygen atoms in total. The molecule has 3 rings (SSSR count). The van der Waals surface area contributed by atoms with E-state index in [1.807, 2.05) is 18.3 Å². The van der Waals surface area contributed by atoms with Crippen LogP contribution in [-0.2, 0) is 0 Å². The van der Waals surface area contributed by atoms with Crippen molar-refractivity contribution >= 4 is 11.5 Å². The second-order valence-corrected chi connectivity index (χ2v) is 4.60. The summed E-state index contributed by atoms with van der Waals surface area (Å²) in [4.78, 5) is 4.16. The van der Waals surface area contributed by atoms with E-state index in [1.54, 1.807) is 10.7 Å². The van der Waals surface area contributed by atoms with Crippen molar-refractivity contribution in [1.82, 2.24) is 14.6 Å². The van der Waals surface area contributed by atoms with Gasteiger partial charge in [0.25, 0.3) is 0 Å². The molecule has 2 N–H and O–H groups in total. The molecule has 5 heteroatoms. The van der Waals surface area contributed by atoms with Crippen LogP contribution in [0.15, 0.2) is 24.5 Å². The summed E-state index contributed by atoms with van der Waals surface area (Å²) in [5, 5.41) is 17.3. The van der Waals surface area contributed by atoms with Gasteiger partial charge in [-0.2, -0.15) is 0 Å². The first kappa shape index (κ1) is 10.5. The van der Waals surface area contributed by atoms with E-state index >= 15 is 0 Å². The molecule has 17 heavy (non-hydrogen) atoms. The molecule has 1 fully saturated rings. The standard InChI is InChI=1S/C12H16N4O/c17-10-3-1-9(2-4-10)14-11-5-6-12-13-7-8-16(12)15-11/h5-10,17H,1-4H2,(H,14,15). The highest BCUT2D eigenvalue weighted by atomic mass is 16.3. The number of aliphatic hydroxyl groups is 1. The van der Waals surface area contributed by atoms with Crippen LogP contribution in [0.25, 0.3) is 5.65 Å². The first-order valence-corrected chi connectivity index (χ1v) is 6.06. The van der Waals surface area contributed by atoms with Crippen LogP contribution in [0.1, 0.15) is 25.7 Å². The Hall–Kier alpha value is -1.62. The molecule has 0 radical (unpaired) electrons. The first-order valence-electron chi connectivity index (χ1n) is 6.06. The Balaban J connectivity index is 1.71. The zero-order chi connectivity index (χ0) is 11.7. The summed E-state index contributed by atoms with van der Waals surface area (Å²) in [5.74, 6) is 0.872. The number of hydrogen-bond acceptors (Lipinski definition) is 4. The highest BCUT2D eigenvalue weighted by Gasteiger charge is 2.19. The molecule has 1 saturated carbocycles. The molecular weight excluding hydrogens is 216 g/mol. The lowest BCUT2D eigenvalue weighted by Gasteiger charge is -2.26. The average Bonchev–Trinajstić information content (AvgIpc) is 2.79. The van der Waals surface area contributed by atoms with Gasteiger partial charge in [0.1, 0.15) is 5.82 Å². The summed E-state index contributed by atoms with van der Waals surface area (Å²) in [5.41, 5.74) is 0.856. The van der Waals surface area contributed by atoms with Crippen molar-refractivity contribution in [2.45, 2.75) is 37.8 Å². The van der Waals surface area contributed by atoms with Crippen LogP contribution >= 0.6 is 0 Å². The monoisotopic (exact) mass is 232 g/mol. The fraction of sp³-hybridized carbons (Fsp3) is 0.500. The second-order valence-electron chi connectivity index (χ2n) is 4.60. The minimum absolute atomic E-state index is 0.114. The quantitative estimate of drug-likeness (QED) is 0.822. The minimum atomic E-state index is -0.114. The van der Waals surface area contributed by atoms with Gasteiger partial charge in [0.15, 0.2) is 5.65 Å². The summed E-state index contributed by atoms with van der Waals surface area (Å²) in [6.07, 6.45) is 7.23. The van der Waals surface area contributed by atoms with Gasteiger partial charge >= 0.3 is 0 Å². The van der Waals surface area contributed by atoms with E-state index in [0.29, 0.717) is 6.04 Å². The largest absolute Gasteiger partial charge is 0.393 e. The maximum Gasteiger partial charge on any atom is 0.153 e. The fourth-order valence-electron chi connectivity index (χ4n) is 2.32. The van der Waals surface area contributed by atoms with Crippen molar-refractivity contribution in [3.05, 3.63) is 24.5 Å². The maximum atomic E-state index is 9.45. The van der Waals surface area contributed by atoms with Gasteiger partial charge in [0, 0.05) is 18.4 Å². The predicted octanol–water partition coefficient (Wildman–Crippen LogP) is 1.44. The lowest BCUT2D eigenvalue weighted by Crippen LogP contribution is -2.28. The zero-order valence-electron chi connectivity index (χ0n) is 9.58. The molecule has 0 saturated heterocycles. The molecule has 2 aromatic heterocycles. The van der Waals surface area contributed by atoms with Gasteiger partial charge in [-0.25, -0.2) is 9.50 Å². The maximum absolute atomic E-state index is 9.45. The number of nitrogens with one attached hydrogen (secondary N) is 1. The molecule has 0 spiro atoms. The molecule has 90 valence electrons. The minimum Gasteiger partial charge on any atom is -0.393 e. The molecule has 0 unspecified atom stereocenters. The molecule has 1 aliphatic carbocycles. The van der Waals surface area contributed by atoms with E-state index in [2.05, 4.69) is 15.4 Å². The Bertz CT molecular complexity index is 502. The van der Waals surface area contributed by atoms with Crippen LogP contribution < -0.4 is 5.32 Å². The van der Waals surface area contributed by atoms with Gasteiger partial charge in [-0.1, -0.05) is 0 Å². The topological polar surface area (TPSA) is 62.5 Å². The second kappa shape index (κ2) is 4.33. The van der Waals surface area contributed by atoms with Crippen molar-refractivity contribution < 1.29 is 5.11 Å². The smallest absolute Gasteiger partial charge is 0.153 e. The van der Waals surface area contributed by atoms with E-state index in [0.717, 1.165) is 37.1 Å². The zero-order valence-corrected chi connectivity index (χ0v) is 9.58. The molecule has 0 aliphatic heterocycles. The summed E-state index contributed by atoms with van der Waals surface area (Å²) in [6, 6.07) is 4.33. The van der Waals surface area contributed by atoms with Crippen LogP contribution in [0.3, 0.4) is 0 Å². The van der Waals surface area contributed by atoms with Crippen molar-refractivity contribution in [3.8, 4) is 0 Å². The van der Waals surface area contributed by atoms with Crippen molar-refractivity contribution in [2.75, 3.05) is 5.32 Å². The Morgan fingerprint density at radius 2 is 2.06 bits per heavy atom. The number of rotatable bonds is 2. The van der Waals surface area contributed by atoms with Crippen LogP contribution in [-0.4, -0.2) is 31.9 Å². The van der Waals surface area contributed by atoms with E-state index in [9.17, 15) is 5.11 Å². The third kappa shape index (κ3) is 2.24. The third-order valence-electron chi connectivity index (χ3n) is 3.30. The number of fused-ring (bicyclic) bond motifs is 1. The fourth-order valence-corrected chi connectivity index (χ4v) is 2.32.